The van der Waals surface area contributed by atoms with Gasteiger partial charge in [0.25, 0.3) is 5.91 Å². The lowest BCUT2D eigenvalue weighted by molar-refractivity contribution is -0.158. The zero-order valence-corrected chi connectivity index (χ0v) is 16.8. The maximum Gasteiger partial charge on any atom is 0.309 e. The molecule has 0 unspecified atom stereocenters. The van der Waals surface area contributed by atoms with Gasteiger partial charge in [0.1, 0.15) is 12.4 Å². The number of nitrogens with zero attached hydrogens (tertiary/aromatic N) is 1. The monoisotopic (exact) mass is 392 g/mol. The second-order valence-corrected chi connectivity index (χ2v) is 8.15. The second-order valence-electron chi connectivity index (χ2n) is 8.15. The van der Waals surface area contributed by atoms with Gasteiger partial charge in [0.2, 0.25) is 5.91 Å². The average Bonchev–Trinajstić information content (AvgIpc) is 2.65. The fraction of sp³-hybridized carbons (Fsp3) is 0.571. The van der Waals surface area contributed by atoms with Crippen LogP contribution in [0.15, 0.2) is 24.3 Å². The SMILES string of the molecule is CC(C)(C)N(CC(=O)Nc1ccc(F)cc1)C(=O)COC(=O)C1CCCCC1. The first kappa shape index (κ1) is 21.9. The van der Waals surface area contributed by atoms with Gasteiger partial charge in [-0.3, -0.25) is 14.4 Å². The summed E-state index contributed by atoms with van der Waals surface area (Å²) in [6, 6.07) is 5.38. The van der Waals surface area contributed by atoms with Crippen LogP contribution in [0.5, 0.6) is 0 Å². The Morgan fingerprint density at radius 3 is 2.29 bits per heavy atom. The number of halogens is 1. The summed E-state index contributed by atoms with van der Waals surface area (Å²) in [5.41, 5.74) is -0.189. The Morgan fingerprint density at radius 1 is 1.11 bits per heavy atom. The van der Waals surface area contributed by atoms with Gasteiger partial charge in [-0.25, -0.2) is 4.39 Å². The Labute approximate surface area is 165 Å². The number of nitrogens with one attached hydrogen (secondary N) is 1. The van der Waals surface area contributed by atoms with E-state index >= 15 is 0 Å². The standard InChI is InChI=1S/C21H29FN2O4/c1-21(2,3)24(13-18(25)23-17-11-9-16(22)10-12-17)19(26)14-28-20(27)15-7-5-4-6-8-15/h9-12,15H,4-8,13-14H2,1-3H3,(H,23,25). The normalized spacial score (nSPS) is 15.0. The maximum absolute atomic E-state index is 13.0. The fourth-order valence-electron chi connectivity index (χ4n) is 3.24. The van der Waals surface area contributed by atoms with Gasteiger partial charge in [-0.15, -0.1) is 0 Å². The maximum atomic E-state index is 13.0. The lowest BCUT2D eigenvalue weighted by atomic mass is 9.89. The third-order valence-electron chi connectivity index (χ3n) is 4.82. The molecule has 154 valence electrons. The summed E-state index contributed by atoms with van der Waals surface area (Å²) in [5.74, 6) is -1.70. The summed E-state index contributed by atoms with van der Waals surface area (Å²) < 4.78 is 18.2. The lowest BCUT2D eigenvalue weighted by Gasteiger charge is -2.35. The van der Waals surface area contributed by atoms with Crippen molar-refractivity contribution in [3.05, 3.63) is 30.1 Å². The van der Waals surface area contributed by atoms with Gasteiger partial charge >= 0.3 is 5.97 Å². The molecule has 1 aromatic carbocycles. The molecule has 0 spiro atoms. The number of rotatable bonds is 6. The number of carbonyl (C=O) groups excluding carboxylic acids is 3. The highest BCUT2D eigenvalue weighted by Crippen LogP contribution is 2.24. The number of hydrogen-bond acceptors (Lipinski definition) is 4. The minimum absolute atomic E-state index is 0.133. The van der Waals surface area contributed by atoms with Crippen molar-refractivity contribution in [2.24, 2.45) is 5.92 Å². The quantitative estimate of drug-likeness (QED) is 0.752. The lowest BCUT2D eigenvalue weighted by Crippen LogP contribution is -2.50. The Kier molecular flexibility index (Phi) is 7.54. The van der Waals surface area contributed by atoms with Gasteiger partial charge in [0.05, 0.1) is 5.92 Å². The van der Waals surface area contributed by atoms with Crippen molar-refractivity contribution in [2.45, 2.75) is 58.4 Å². The van der Waals surface area contributed by atoms with Crippen molar-refractivity contribution >= 4 is 23.5 Å². The predicted molar refractivity (Wildman–Crippen MR) is 104 cm³/mol. The van der Waals surface area contributed by atoms with Gasteiger partial charge < -0.3 is 15.0 Å². The Bertz CT molecular complexity index is 691. The van der Waals surface area contributed by atoms with Gasteiger partial charge in [0, 0.05) is 11.2 Å². The molecule has 1 fully saturated rings. The third kappa shape index (κ3) is 6.62. The van der Waals surface area contributed by atoms with Crippen LogP contribution >= 0.6 is 0 Å². The van der Waals surface area contributed by atoms with E-state index in [1.54, 1.807) is 20.8 Å². The number of anilines is 1. The number of hydrogen-bond donors (Lipinski definition) is 1. The highest BCUT2D eigenvalue weighted by molar-refractivity contribution is 5.95. The topological polar surface area (TPSA) is 75.7 Å². The van der Waals surface area contributed by atoms with Crippen LogP contribution in [0.1, 0.15) is 52.9 Å². The minimum atomic E-state index is -0.630. The average molecular weight is 392 g/mol. The summed E-state index contributed by atoms with van der Waals surface area (Å²) in [6.45, 7) is 4.84. The van der Waals surface area contributed by atoms with E-state index in [0.29, 0.717) is 5.69 Å². The summed E-state index contributed by atoms with van der Waals surface area (Å²) in [5, 5.41) is 2.64. The summed E-state index contributed by atoms with van der Waals surface area (Å²) in [4.78, 5) is 38.5. The molecule has 1 aromatic rings. The molecule has 0 atom stereocenters. The van der Waals surface area contributed by atoms with Crippen LogP contribution in [0, 0.1) is 11.7 Å². The molecule has 0 radical (unpaired) electrons. The third-order valence-corrected chi connectivity index (χ3v) is 4.82. The molecule has 1 saturated carbocycles. The van der Waals surface area contributed by atoms with E-state index in [-0.39, 0.29) is 25.0 Å². The van der Waals surface area contributed by atoms with E-state index in [1.807, 2.05) is 0 Å². The molecule has 7 heteroatoms. The molecule has 0 aliphatic heterocycles. The molecular weight excluding hydrogens is 363 g/mol. The van der Waals surface area contributed by atoms with Gasteiger partial charge in [0.15, 0.2) is 6.61 Å². The highest BCUT2D eigenvalue weighted by atomic mass is 19.1. The van der Waals surface area contributed by atoms with Crippen molar-refractivity contribution in [3.63, 3.8) is 0 Å². The van der Waals surface area contributed by atoms with E-state index < -0.39 is 23.2 Å². The molecule has 0 heterocycles. The Balaban J connectivity index is 1.92. The summed E-state index contributed by atoms with van der Waals surface area (Å²) in [7, 11) is 0. The van der Waals surface area contributed by atoms with Crippen LogP contribution in [0.4, 0.5) is 10.1 Å². The van der Waals surface area contributed by atoms with Gasteiger partial charge in [-0.1, -0.05) is 19.3 Å². The van der Waals surface area contributed by atoms with Crippen LogP contribution in [0.3, 0.4) is 0 Å². The second kappa shape index (κ2) is 9.66. The molecule has 1 N–H and O–H groups in total. The Hall–Kier alpha value is -2.44. The highest BCUT2D eigenvalue weighted by Gasteiger charge is 2.30. The molecule has 28 heavy (non-hydrogen) atoms. The first-order valence-corrected chi connectivity index (χ1v) is 9.69. The van der Waals surface area contributed by atoms with Crippen LogP contribution in [0.2, 0.25) is 0 Å². The van der Waals surface area contributed by atoms with Gasteiger partial charge in [-0.2, -0.15) is 0 Å². The molecule has 2 amide bonds. The van der Waals surface area contributed by atoms with E-state index in [4.69, 9.17) is 4.74 Å². The fourth-order valence-corrected chi connectivity index (χ4v) is 3.24. The van der Waals surface area contributed by atoms with Crippen molar-refractivity contribution in [2.75, 3.05) is 18.5 Å². The molecule has 2 rings (SSSR count). The minimum Gasteiger partial charge on any atom is -0.455 e. The van der Waals surface area contributed by atoms with E-state index in [0.717, 1.165) is 32.1 Å². The van der Waals surface area contributed by atoms with Gasteiger partial charge in [-0.05, 0) is 57.9 Å². The molecule has 1 aliphatic rings. The number of amides is 2. The van der Waals surface area contributed by atoms with E-state index in [1.165, 1.54) is 29.2 Å². The molecular formula is C21H29FN2O4. The first-order valence-electron chi connectivity index (χ1n) is 9.69. The van der Waals surface area contributed by atoms with Crippen LogP contribution in [0.25, 0.3) is 0 Å². The van der Waals surface area contributed by atoms with Crippen LogP contribution in [-0.2, 0) is 19.1 Å². The Morgan fingerprint density at radius 2 is 1.71 bits per heavy atom. The molecule has 6 nitrogen and oxygen atoms in total. The van der Waals surface area contributed by atoms with Crippen LogP contribution < -0.4 is 5.32 Å². The number of ether oxygens (including phenoxy) is 1. The van der Waals surface area contributed by atoms with Crippen molar-refractivity contribution in [1.82, 2.24) is 4.90 Å². The number of carbonyl (C=O) groups is 3. The van der Waals surface area contributed by atoms with E-state index in [2.05, 4.69) is 5.32 Å². The zero-order chi connectivity index (χ0) is 20.7. The van der Waals surface area contributed by atoms with Crippen LogP contribution in [-0.4, -0.2) is 41.4 Å². The predicted octanol–water partition coefficient (Wildman–Crippen LogP) is 3.51. The molecule has 0 aromatic heterocycles. The smallest absolute Gasteiger partial charge is 0.309 e. The first-order chi connectivity index (χ1) is 13.2. The molecule has 0 bridgehead atoms. The number of esters is 1. The summed E-state index contributed by atoms with van der Waals surface area (Å²) >= 11 is 0. The van der Waals surface area contributed by atoms with E-state index in [9.17, 15) is 18.8 Å². The van der Waals surface area contributed by atoms with Crippen molar-refractivity contribution < 1.29 is 23.5 Å². The van der Waals surface area contributed by atoms with Crippen molar-refractivity contribution in [3.8, 4) is 0 Å². The molecule has 1 aliphatic carbocycles. The largest absolute Gasteiger partial charge is 0.455 e. The summed E-state index contributed by atoms with van der Waals surface area (Å²) in [6.07, 6.45) is 4.74. The molecule has 0 saturated heterocycles. The zero-order valence-electron chi connectivity index (χ0n) is 16.8. The number of benzene rings is 1. The van der Waals surface area contributed by atoms with Crippen molar-refractivity contribution in [1.29, 1.82) is 0 Å².